The van der Waals surface area contributed by atoms with Crippen molar-refractivity contribution in [1.82, 2.24) is 4.90 Å². The van der Waals surface area contributed by atoms with Crippen LogP contribution in [0.3, 0.4) is 0 Å². The number of hydrogen-bond donors (Lipinski definition) is 0. The van der Waals surface area contributed by atoms with Crippen LogP contribution in [-0.4, -0.2) is 37.0 Å². The Morgan fingerprint density at radius 2 is 1.62 bits per heavy atom. The summed E-state index contributed by atoms with van der Waals surface area (Å²) in [5, 5.41) is 0. The summed E-state index contributed by atoms with van der Waals surface area (Å²) < 4.78 is 0. The van der Waals surface area contributed by atoms with Gasteiger partial charge in [0.1, 0.15) is 0 Å². The summed E-state index contributed by atoms with van der Waals surface area (Å²) in [5.41, 5.74) is 2.25. The molecule has 0 heterocycles. The molecule has 0 saturated heterocycles. The fourth-order valence-corrected chi connectivity index (χ4v) is 2.37. The second-order valence-corrected chi connectivity index (χ2v) is 5.51. The molecule has 118 valence electrons. The van der Waals surface area contributed by atoms with Gasteiger partial charge < -0.3 is 9.80 Å². The summed E-state index contributed by atoms with van der Waals surface area (Å²) in [6.07, 6.45) is 2.67. The summed E-state index contributed by atoms with van der Waals surface area (Å²) in [6.45, 7) is 12.3. The van der Waals surface area contributed by atoms with E-state index < -0.39 is 0 Å². The van der Waals surface area contributed by atoms with Crippen LogP contribution in [0.5, 0.6) is 0 Å². The van der Waals surface area contributed by atoms with E-state index in [9.17, 15) is 4.79 Å². The first-order chi connectivity index (χ1) is 10.1. The van der Waals surface area contributed by atoms with Gasteiger partial charge in [-0.2, -0.15) is 0 Å². The Bertz CT molecular complexity index is 410. The summed E-state index contributed by atoms with van der Waals surface area (Å²) in [7, 11) is 0. The molecule has 0 spiro atoms. The lowest BCUT2D eigenvalue weighted by atomic mass is 10.2. The van der Waals surface area contributed by atoms with Gasteiger partial charge in [0.2, 0.25) is 5.91 Å². The molecule has 1 amide bonds. The highest BCUT2D eigenvalue weighted by molar-refractivity contribution is 5.93. The van der Waals surface area contributed by atoms with Gasteiger partial charge in [0.25, 0.3) is 0 Å². The number of unbranched alkanes of at least 4 members (excludes halogenated alkanes) is 1. The average Bonchev–Trinajstić information content (AvgIpc) is 2.50. The number of amides is 1. The van der Waals surface area contributed by atoms with Gasteiger partial charge in [-0.1, -0.05) is 44.9 Å². The number of nitrogens with zero attached hydrogens (tertiary/aromatic N) is 2. The van der Waals surface area contributed by atoms with Crippen LogP contribution < -0.4 is 4.90 Å². The van der Waals surface area contributed by atoms with Gasteiger partial charge >= 0.3 is 0 Å². The number of benzene rings is 1. The molecular weight excluding hydrogens is 260 g/mol. The Morgan fingerprint density at radius 3 is 2.14 bits per heavy atom. The second-order valence-electron chi connectivity index (χ2n) is 5.51. The van der Waals surface area contributed by atoms with Gasteiger partial charge in [-0.3, -0.25) is 4.79 Å². The summed E-state index contributed by atoms with van der Waals surface area (Å²) in [6, 6.07) is 8.27. The van der Waals surface area contributed by atoms with E-state index >= 15 is 0 Å². The number of aryl methyl sites for hydroxylation is 1. The van der Waals surface area contributed by atoms with Crippen LogP contribution in [0.1, 0.15) is 45.6 Å². The highest BCUT2D eigenvalue weighted by Crippen LogP contribution is 2.17. The van der Waals surface area contributed by atoms with Crippen molar-refractivity contribution in [2.45, 2.75) is 47.0 Å². The van der Waals surface area contributed by atoms with Gasteiger partial charge in [0, 0.05) is 25.2 Å². The molecule has 0 aromatic heterocycles. The van der Waals surface area contributed by atoms with E-state index in [1.807, 2.05) is 4.90 Å². The van der Waals surface area contributed by atoms with E-state index in [1.54, 1.807) is 0 Å². The van der Waals surface area contributed by atoms with Gasteiger partial charge in [-0.15, -0.1) is 0 Å². The zero-order chi connectivity index (χ0) is 15.7. The Morgan fingerprint density at radius 1 is 1.00 bits per heavy atom. The van der Waals surface area contributed by atoms with Crippen molar-refractivity contribution in [2.24, 2.45) is 0 Å². The molecule has 0 N–H and O–H groups in total. The van der Waals surface area contributed by atoms with Crippen molar-refractivity contribution in [3.8, 4) is 0 Å². The second kappa shape index (κ2) is 9.56. The molecule has 0 atom stereocenters. The van der Waals surface area contributed by atoms with Crippen molar-refractivity contribution < 1.29 is 4.79 Å². The Labute approximate surface area is 129 Å². The minimum atomic E-state index is 0.243. The average molecular weight is 290 g/mol. The molecule has 1 aromatic carbocycles. The first kappa shape index (κ1) is 17.7. The fraction of sp³-hybridized carbons (Fsp3) is 0.611. The Balaban J connectivity index is 2.78. The molecule has 0 radical (unpaired) electrons. The molecule has 3 nitrogen and oxygen atoms in total. The summed E-state index contributed by atoms with van der Waals surface area (Å²) in [5.74, 6) is 0.243. The number of hydrogen-bond acceptors (Lipinski definition) is 2. The number of anilines is 1. The normalized spacial score (nSPS) is 10.9. The highest BCUT2D eigenvalue weighted by Gasteiger charge is 2.15. The predicted molar refractivity (Wildman–Crippen MR) is 90.8 cm³/mol. The Kier molecular flexibility index (Phi) is 8.06. The van der Waals surface area contributed by atoms with Gasteiger partial charge in [-0.25, -0.2) is 0 Å². The number of rotatable bonds is 9. The molecule has 1 aromatic rings. The molecule has 0 fully saturated rings. The van der Waals surface area contributed by atoms with Gasteiger partial charge in [0.05, 0.1) is 0 Å². The van der Waals surface area contributed by atoms with E-state index in [0.29, 0.717) is 6.42 Å². The smallest absolute Gasteiger partial charge is 0.227 e. The summed E-state index contributed by atoms with van der Waals surface area (Å²) >= 11 is 0. The molecule has 0 aliphatic carbocycles. The number of likely N-dealkylation sites (N-methyl/N-ethyl adjacent to an activating group) is 1. The molecule has 1 rings (SSSR count). The van der Waals surface area contributed by atoms with Crippen molar-refractivity contribution in [3.63, 3.8) is 0 Å². The molecule has 0 bridgehead atoms. The molecule has 0 saturated carbocycles. The molecule has 3 heteroatoms. The van der Waals surface area contributed by atoms with E-state index in [4.69, 9.17) is 0 Å². The van der Waals surface area contributed by atoms with Crippen LogP contribution in [0.2, 0.25) is 0 Å². The quantitative estimate of drug-likeness (QED) is 0.689. The first-order valence-corrected chi connectivity index (χ1v) is 8.21. The fourth-order valence-electron chi connectivity index (χ4n) is 2.37. The van der Waals surface area contributed by atoms with Crippen molar-refractivity contribution >= 4 is 11.6 Å². The molecular formula is C18H30N2O. The van der Waals surface area contributed by atoms with Crippen LogP contribution in [0, 0.1) is 6.92 Å². The largest absolute Gasteiger partial charge is 0.311 e. The molecule has 0 aliphatic heterocycles. The molecule has 0 aliphatic rings. The minimum Gasteiger partial charge on any atom is -0.311 e. The first-order valence-electron chi connectivity index (χ1n) is 8.21. The van der Waals surface area contributed by atoms with Crippen LogP contribution in [-0.2, 0) is 4.79 Å². The van der Waals surface area contributed by atoms with Crippen LogP contribution in [0.25, 0.3) is 0 Å². The van der Waals surface area contributed by atoms with Crippen molar-refractivity contribution in [1.29, 1.82) is 0 Å². The van der Waals surface area contributed by atoms with Crippen molar-refractivity contribution in [3.05, 3.63) is 29.8 Å². The standard InChI is InChI=1S/C18H30N2O/c1-5-8-9-18(21)20(15-14-19(6-2)7-3)17-12-10-16(4)11-13-17/h10-13H,5-9,14-15H2,1-4H3. The zero-order valence-electron chi connectivity index (χ0n) is 14.1. The van der Waals surface area contributed by atoms with Crippen LogP contribution >= 0.6 is 0 Å². The highest BCUT2D eigenvalue weighted by atomic mass is 16.2. The third-order valence-electron chi connectivity index (χ3n) is 3.93. The number of carbonyl (C=O) groups excluding carboxylic acids is 1. The van der Waals surface area contributed by atoms with E-state index in [-0.39, 0.29) is 5.91 Å². The van der Waals surface area contributed by atoms with Crippen LogP contribution in [0.4, 0.5) is 5.69 Å². The van der Waals surface area contributed by atoms with Crippen LogP contribution in [0.15, 0.2) is 24.3 Å². The Hall–Kier alpha value is -1.35. The monoisotopic (exact) mass is 290 g/mol. The number of carbonyl (C=O) groups is 1. The van der Waals surface area contributed by atoms with Gasteiger partial charge in [0.15, 0.2) is 0 Å². The van der Waals surface area contributed by atoms with E-state index in [0.717, 1.165) is 44.7 Å². The lowest BCUT2D eigenvalue weighted by molar-refractivity contribution is -0.118. The van der Waals surface area contributed by atoms with Gasteiger partial charge in [-0.05, 0) is 38.6 Å². The third kappa shape index (κ3) is 5.88. The third-order valence-corrected chi connectivity index (χ3v) is 3.93. The maximum absolute atomic E-state index is 12.5. The summed E-state index contributed by atoms with van der Waals surface area (Å²) in [4.78, 5) is 16.8. The lowest BCUT2D eigenvalue weighted by Gasteiger charge is -2.27. The van der Waals surface area contributed by atoms with Crippen molar-refractivity contribution in [2.75, 3.05) is 31.1 Å². The van der Waals surface area contributed by atoms with E-state index in [2.05, 4.69) is 56.9 Å². The lowest BCUT2D eigenvalue weighted by Crippen LogP contribution is -2.38. The molecule has 21 heavy (non-hydrogen) atoms. The SMILES string of the molecule is CCCCC(=O)N(CCN(CC)CC)c1ccc(C)cc1. The minimum absolute atomic E-state index is 0.243. The maximum Gasteiger partial charge on any atom is 0.227 e. The van der Waals surface area contributed by atoms with E-state index in [1.165, 1.54) is 5.56 Å². The maximum atomic E-state index is 12.5. The predicted octanol–water partition coefficient (Wildman–Crippen LogP) is 3.86. The zero-order valence-corrected chi connectivity index (χ0v) is 14.1. The molecule has 0 unspecified atom stereocenters. The topological polar surface area (TPSA) is 23.6 Å².